The van der Waals surface area contributed by atoms with E-state index in [1.807, 2.05) is 19.1 Å². The first-order chi connectivity index (χ1) is 8.49. The van der Waals surface area contributed by atoms with E-state index in [-0.39, 0.29) is 6.42 Å². The van der Waals surface area contributed by atoms with Gasteiger partial charge < -0.3 is 11.5 Å². The fraction of sp³-hybridized carbons (Fsp3) is 0.167. The Balaban J connectivity index is 2.45. The molecule has 0 atom stereocenters. The van der Waals surface area contributed by atoms with Gasteiger partial charge in [-0.2, -0.15) is 5.10 Å². The third kappa shape index (κ3) is 2.31. The number of primary amides is 1. The van der Waals surface area contributed by atoms with Crippen molar-refractivity contribution in [2.45, 2.75) is 13.3 Å². The van der Waals surface area contributed by atoms with Gasteiger partial charge in [-0.25, -0.2) is 4.68 Å². The van der Waals surface area contributed by atoms with Crippen LogP contribution < -0.4 is 11.5 Å². The molecule has 0 fully saturated rings. The fourth-order valence-corrected chi connectivity index (χ4v) is 1.99. The van der Waals surface area contributed by atoms with Crippen molar-refractivity contribution >= 4 is 23.3 Å². The van der Waals surface area contributed by atoms with Crippen molar-refractivity contribution < 1.29 is 4.79 Å². The molecule has 94 valence electrons. The monoisotopic (exact) mass is 264 g/mol. The van der Waals surface area contributed by atoms with Crippen molar-refractivity contribution in [3.05, 3.63) is 40.5 Å². The van der Waals surface area contributed by atoms with Crippen LogP contribution in [0, 0.1) is 6.92 Å². The molecule has 0 unspecified atom stereocenters. The highest BCUT2D eigenvalue weighted by molar-refractivity contribution is 6.30. The number of hydrogen-bond donors (Lipinski definition) is 2. The lowest BCUT2D eigenvalue weighted by atomic mass is 10.2. The minimum absolute atomic E-state index is 0.0818. The molecule has 0 bridgehead atoms. The molecule has 2 rings (SSSR count). The minimum atomic E-state index is -0.436. The summed E-state index contributed by atoms with van der Waals surface area (Å²) in [6.45, 7) is 1.91. The smallest absolute Gasteiger partial charge is 0.222 e. The molecule has 0 saturated carbocycles. The summed E-state index contributed by atoms with van der Waals surface area (Å²) in [6.07, 6.45) is 1.63. The third-order valence-corrected chi connectivity index (χ3v) is 2.87. The van der Waals surface area contributed by atoms with E-state index in [1.165, 1.54) is 0 Å². The largest absolute Gasteiger partial charge is 0.383 e. The molecule has 1 aromatic heterocycles. The molecule has 0 spiro atoms. The number of anilines is 1. The molecule has 1 aromatic carbocycles. The number of nitrogen functional groups attached to an aromatic ring is 1. The average Bonchev–Trinajstić information content (AvgIpc) is 2.60. The second-order valence-corrected chi connectivity index (χ2v) is 4.48. The van der Waals surface area contributed by atoms with Crippen molar-refractivity contribution in [3.8, 4) is 5.69 Å². The van der Waals surface area contributed by atoms with Crippen LogP contribution in [-0.4, -0.2) is 15.7 Å². The number of amides is 1. The number of benzene rings is 1. The molecule has 5 nitrogen and oxygen atoms in total. The lowest BCUT2D eigenvalue weighted by Gasteiger charge is -2.08. The van der Waals surface area contributed by atoms with E-state index in [4.69, 9.17) is 23.1 Å². The molecule has 4 N–H and O–H groups in total. The van der Waals surface area contributed by atoms with Crippen molar-refractivity contribution in [3.63, 3.8) is 0 Å². The van der Waals surface area contributed by atoms with E-state index in [2.05, 4.69) is 5.10 Å². The molecule has 1 amide bonds. The Hall–Kier alpha value is -2.01. The Bertz CT molecular complexity index is 606. The van der Waals surface area contributed by atoms with Crippen LogP contribution in [0.2, 0.25) is 5.02 Å². The van der Waals surface area contributed by atoms with Gasteiger partial charge in [0.25, 0.3) is 0 Å². The summed E-state index contributed by atoms with van der Waals surface area (Å²) < 4.78 is 1.57. The van der Waals surface area contributed by atoms with Gasteiger partial charge in [0.2, 0.25) is 5.91 Å². The van der Waals surface area contributed by atoms with E-state index < -0.39 is 5.91 Å². The van der Waals surface area contributed by atoms with E-state index in [1.54, 1.807) is 16.9 Å². The first-order valence-electron chi connectivity index (χ1n) is 5.36. The molecule has 1 heterocycles. The standard InChI is InChI=1S/C12H13ClN4O/c1-7-4-9(13)2-3-10(7)17-12(15)8(6-16-17)5-11(14)18/h2-4,6H,5,15H2,1H3,(H2,14,18). The van der Waals surface area contributed by atoms with Crippen LogP contribution in [0.5, 0.6) is 0 Å². The topological polar surface area (TPSA) is 86.9 Å². The normalized spacial score (nSPS) is 10.6. The molecule has 0 radical (unpaired) electrons. The van der Waals surface area contributed by atoms with Crippen LogP contribution in [-0.2, 0) is 11.2 Å². The lowest BCUT2D eigenvalue weighted by molar-refractivity contribution is -0.117. The zero-order valence-electron chi connectivity index (χ0n) is 9.85. The van der Waals surface area contributed by atoms with Gasteiger partial charge in [0.15, 0.2) is 0 Å². The SMILES string of the molecule is Cc1cc(Cl)ccc1-n1ncc(CC(N)=O)c1N. The highest BCUT2D eigenvalue weighted by Crippen LogP contribution is 2.22. The van der Waals surface area contributed by atoms with Crippen molar-refractivity contribution in [1.29, 1.82) is 0 Å². The van der Waals surface area contributed by atoms with E-state index >= 15 is 0 Å². The maximum Gasteiger partial charge on any atom is 0.222 e. The Morgan fingerprint density at radius 2 is 2.22 bits per heavy atom. The molecule has 2 aromatic rings. The quantitative estimate of drug-likeness (QED) is 0.879. The molecular formula is C12H13ClN4O. The van der Waals surface area contributed by atoms with Crippen LogP contribution in [0.3, 0.4) is 0 Å². The second-order valence-electron chi connectivity index (χ2n) is 4.04. The summed E-state index contributed by atoms with van der Waals surface area (Å²) in [5.74, 6) is -0.0201. The molecule has 6 heteroatoms. The van der Waals surface area contributed by atoms with Gasteiger partial charge in [-0.15, -0.1) is 0 Å². The minimum Gasteiger partial charge on any atom is -0.383 e. The van der Waals surface area contributed by atoms with Crippen LogP contribution in [0.4, 0.5) is 5.82 Å². The highest BCUT2D eigenvalue weighted by Gasteiger charge is 2.12. The van der Waals surface area contributed by atoms with Gasteiger partial charge in [0, 0.05) is 10.6 Å². The number of carbonyl (C=O) groups is 1. The predicted molar refractivity (Wildman–Crippen MR) is 70.6 cm³/mol. The Morgan fingerprint density at radius 3 is 2.83 bits per heavy atom. The van der Waals surface area contributed by atoms with Crippen molar-refractivity contribution in [2.75, 3.05) is 5.73 Å². The third-order valence-electron chi connectivity index (χ3n) is 2.64. The first-order valence-corrected chi connectivity index (χ1v) is 5.74. The zero-order chi connectivity index (χ0) is 13.3. The van der Waals surface area contributed by atoms with Crippen LogP contribution in [0.25, 0.3) is 5.69 Å². The maximum absolute atomic E-state index is 10.9. The van der Waals surface area contributed by atoms with Gasteiger partial charge in [0.05, 0.1) is 18.3 Å². The summed E-state index contributed by atoms with van der Waals surface area (Å²) in [7, 11) is 0. The van der Waals surface area contributed by atoms with E-state index in [0.717, 1.165) is 11.3 Å². The van der Waals surface area contributed by atoms with E-state index in [0.29, 0.717) is 16.4 Å². The summed E-state index contributed by atoms with van der Waals surface area (Å²) in [5, 5.41) is 4.82. The maximum atomic E-state index is 10.9. The van der Waals surface area contributed by atoms with Crippen molar-refractivity contribution in [1.82, 2.24) is 9.78 Å². The Labute approximate surface area is 109 Å². The van der Waals surface area contributed by atoms with Gasteiger partial charge in [-0.05, 0) is 30.7 Å². The van der Waals surface area contributed by atoms with Crippen LogP contribution in [0.15, 0.2) is 24.4 Å². The molecule has 18 heavy (non-hydrogen) atoms. The van der Waals surface area contributed by atoms with Crippen molar-refractivity contribution in [2.24, 2.45) is 5.73 Å². The van der Waals surface area contributed by atoms with Crippen LogP contribution >= 0.6 is 11.6 Å². The molecule has 0 saturated heterocycles. The number of halogens is 1. The number of nitrogens with two attached hydrogens (primary N) is 2. The number of carbonyl (C=O) groups excluding carboxylic acids is 1. The second kappa shape index (κ2) is 4.70. The zero-order valence-corrected chi connectivity index (χ0v) is 10.6. The number of nitrogens with zero attached hydrogens (tertiary/aromatic N) is 2. The summed E-state index contributed by atoms with van der Waals surface area (Å²) in [4.78, 5) is 10.9. The van der Waals surface area contributed by atoms with E-state index in [9.17, 15) is 4.79 Å². The molecule has 0 aliphatic carbocycles. The summed E-state index contributed by atoms with van der Waals surface area (Å²) >= 11 is 5.90. The lowest BCUT2D eigenvalue weighted by Crippen LogP contribution is -2.14. The highest BCUT2D eigenvalue weighted by atomic mass is 35.5. The summed E-state index contributed by atoms with van der Waals surface area (Å²) in [6, 6.07) is 5.42. The fourth-order valence-electron chi connectivity index (χ4n) is 1.76. The van der Waals surface area contributed by atoms with Gasteiger partial charge in [-0.1, -0.05) is 11.6 Å². The molecule has 0 aliphatic rings. The number of rotatable bonds is 3. The Kier molecular flexibility index (Phi) is 3.25. The van der Waals surface area contributed by atoms with Gasteiger partial charge in [-0.3, -0.25) is 4.79 Å². The molecule has 0 aliphatic heterocycles. The summed E-state index contributed by atoms with van der Waals surface area (Å²) in [5.41, 5.74) is 13.5. The van der Waals surface area contributed by atoms with Gasteiger partial charge >= 0.3 is 0 Å². The first kappa shape index (κ1) is 12.4. The number of hydrogen-bond acceptors (Lipinski definition) is 3. The molecular weight excluding hydrogens is 252 g/mol. The number of aryl methyl sites for hydroxylation is 1. The predicted octanol–water partition coefficient (Wildman–Crippen LogP) is 1.44. The Morgan fingerprint density at radius 1 is 1.50 bits per heavy atom. The average molecular weight is 265 g/mol. The number of aromatic nitrogens is 2. The van der Waals surface area contributed by atoms with Crippen LogP contribution in [0.1, 0.15) is 11.1 Å². The van der Waals surface area contributed by atoms with Gasteiger partial charge in [0.1, 0.15) is 5.82 Å².